The van der Waals surface area contributed by atoms with Crippen LogP contribution in [0, 0.1) is 3.57 Å². The maximum atomic E-state index is 12.2. The van der Waals surface area contributed by atoms with Crippen LogP contribution in [-0.2, 0) is 6.42 Å². The van der Waals surface area contributed by atoms with Crippen molar-refractivity contribution in [2.45, 2.75) is 6.42 Å². The second kappa shape index (κ2) is 6.74. The highest BCUT2D eigenvalue weighted by atomic mass is 127. The molecule has 0 bridgehead atoms. The summed E-state index contributed by atoms with van der Waals surface area (Å²) in [4.78, 5) is 12.2. The van der Waals surface area contributed by atoms with Crippen molar-refractivity contribution in [1.29, 1.82) is 0 Å². The Hall–Kier alpha value is -1.56. The van der Waals surface area contributed by atoms with Crippen LogP contribution < -0.4 is 9.47 Å². The number of hydrogen-bond donors (Lipinski definition) is 0. The van der Waals surface area contributed by atoms with E-state index < -0.39 is 0 Å². The lowest BCUT2D eigenvalue weighted by Gasteiger charge is -2.09. The van der Waals surface area contributed by atoms with E-state index in [9.17, 15) is 4.79 Å². The van der Waals surface area contributed by atoms with Crippen molar-refractivity contribution in [3.05, 3.63) is 57.2 Å². The molecule has 2 rings (SSSR count). The molecule has 0 aliphatic heterocycles. The molecule has 0 aliphatic rings. The van der Waals surface area contributed by atoms with Crippen LogP contribution in [0.4, 0.5) is 0 Å². The SMILES string of the molecule is COc1ccc(CC(=O)c2ccc(I)cc2)cc1OC. The molecule has 0 saturated carbocycles. The summed E-state index contributed by atoms with van der Waals surface area (Å²) < 4.78 is 11.5. The highest BCUT2D eigenvalue weighted by Gasteiger charge is 2.10. The molecule has 2 aromatic carbocycles. The molecule has 0 amide bonds. The summed E-state index contributed by atoms with van der Waals surface area (Å²) in [5.41, 5.74) is 1.63. The molecule has 3 nitrogen and oxygen atoms in total. The zero-order chi connectivity index (χ0) is 14.5. The molecule has 104 valence electrons. The van der Waals surface area contributed by atoms with E-state index in [1.165, 1.54) is 0 Å². The Bertz CT molecular complexity index is 606. The van der Waals surface area contributed by atoms with Gasteiger partial charge in [-0.2, -0.15) is 0 Å². The first kappa shape index (κ1) is 14.8. The third-order valence-corrected chi connectivity index (χ3v) is 3.70. The van der Waals surface area contributed by atoms with E-state index in [1.807, 2.05) is 42.5 Å². The molecule has 4 heteroatoms. The van der Waals surface area contributed by atoms with Gasteiger partial charge in [-0.1, -0.05) is 18.2 Å². The summed E-state index contributed by atoms with van der Waals surface area (Å²) in [6, 6.07) is 13.1. The Kier molecular flexibility index (Phi) is 5.00. The summed E-state index contributed by atoms with van der Waals surface area (Å²) >= 11 is 2.22. The number of carbonyl (C=O) groups is 1. The van der Waals surface area contributed by atoms with E-state index in [2.05, 4.69) is 22.6 Å². The van der Waals surface area contributed by atoms with E-state index in [0.717, 1.165) is 14.7 Å². The molecule has 0 radical (unpaired) electrons. The second-order valence-corrected chi connectivity index (χ2v) is 5.54. The van der Waals surface area contributed by atoms with Gasteiger partial charge in [-0.3, -0.25) is 4.79 Å². The summed E-state index contributed by atoms with van der Waals surface area (Å²) in [7, 11) is 3.18. The summed E-state index contributed by atoms with van der Waals surface area (Å²) in [6.45, 7) is 0. The van der Waals surface area contributed by atoms with Gasteiger partial charge < -0.3 is 9.47 Å². The average Bonchev–Trinajstić information content (AvgIpc) is 2.47. The third-order valence-electron chi connectivity index (χ3n) is 2.98. The van der Waals surface area contributed by atoms with Crippen molar-refractivity contribution in [2.24, 2.45) is 0 Å². The fourth-order valence-electron chi connectivity index (χ4n) is 1.91. The predicted molar refractivity (Wildman–Crippen MR) is 86.7 cm³/mol. The first-order valence-corrected chi connectivity index (χ1v) is 7.21. The molecule has 0 atom stereocenters. The van der Waals surface area contributed by atoms with Gasteiger partial charge in [-0.15, -0.1) is 0 Å². The lowest BCUT2D eigenvalue weighted by atomic mass is 10.0. The minimum atomic E-state index is 0.0913. The molecular formula is C16H15IO3. The molecule has 0 N–H and O–H groups in total. The maximum Gasteiger partial charge on any atom is 0.167 e. The Morgan fingerprint density at radius 1 is 1.00 bits per heavy atom. The standard InChI is InChI=1S/C16H15IO3/c1-19-15-8-3-11(10-16(15)20-2)9-14(18)12-4-6-13(17)7-5-12/h3-8,10H,9H2,1-2H3. The molecule has 0 spiro atoms. The topological polar surface area (TPSA) is 35.5 Å². The number of ether oxygens (including phenoxy) is 2. The smallest absolute Gasteiger partial charge is 0.167 e. The molecule has 0 fully saturated rings. The summed E-state index contributed by atoms with van der Waals surface area (Å²) in [5, 5.41) is 0. The molecule has 2 aromatic rings. The lowest BCUT2D eigenvalue weighted by molar-refractivity contribution is 0.0993. The van der Waals surface area contributed by atoms with Gasteiger partial charge in [0.2, 0.25) is 0 Å². The van der Waals surface area contributed by atoms with Crippen molar-refractivity contribution in [3.63, 3.8) is 0 Å². The molecule has 0 aliphatic carbocycles. The van der Waals surface area contributed by atoms with Crippen LogP contribution in [0.1, 0.15) is 15.9 Å². The minimum absolute atomic E-state index is 0.0913. The number of ketones is 1. The predicted octanol–water partition coefficient (Wildman–Crippen LogP) is 3.73. The van der Waals surface area contributed by atoms with E-state index in [4.69, 9.17) is 9.47 Å². The quantitative estimate of drug-likeness (QED) is 0.584. The number of rotatable bonds is 5. The highest BCUT2D eigenvalue weighted by Crippen LogP contribution is 2.28. The van der Waals surface area contributed by atoms with Gasteiger partial charge in [0.05, 0.1) is 14.2 Å². The van der Waals surface area contributed by atoms with Gasteiger partial charge in [0.15, 0.2) is 17.3 Å². The minimum Gasteiger partial charge on any atom is -0.493 e. The van der Waals surface area contributed by atoms with Crippen LogP contribution in [0.5, 0.6) is 11.5 Å². The number of methoxy groups -OCH3 is 2. The molecule has 0 heterocycles. The number of hydrogen-bond acceptors (Lipinski definition) is 3. The Morgan fingerprint density at radius 2 is 1.65 bits per heavy atom. The monoisotopic (exact) mass is 382 g/mol. The van der Waals surface area contributed by atoms with Crippen LogP contribution >= 0.6 is 22.6 Å². The van der Waals surface area contributed by atoms with Crippen molar-refractivity contribution in [3.8, 4) is 11.5 Å². The third kappa shape index (κ3) is 3.50. The molecule has 20 heavy (non-hydrogen) atoms. The van der Waals surface area contributed by atoms with Gasteiger partial charge >= 0.3 is 0 Å². The van der Waals surface area contributed by atoms with Crippen LogP contribution in [0.2, 0.25) is 0 Å². The Labute approximate surface area is 132 Å². The van der Waals surface area contributed by atoms with Gasteiger partial charge in [0.1, 0.15) is 0 Å². The van der Waals surface area contributed by atoms with Crippen LogP contribution in [0.15, 0.2) is 42.5 Å². The molecule has 0 unspecified atom stereocenters. The van der Waals surface area contributed by atoms with Crippen molar-refractivity contribution in [1.82, 2.24) is 0 Å². The summed E-state index contributed by atoms with van der Waals surface area (Å²) in [6.07, 6.45) is 0.348. The molecular weight excluding hydrogens is 367 g/mol. The summed E-state index contributed by atoms with van der Waals surface area (Å²) in [5.74, 6) is 1.40. The number of Topliss-reactive ketones (excluding diaryl/α,β-unsaturated/α-hetero) is 1. The van der Waals surface area contributed by atoms with Gasteiger partial charge in [-0.25, -0.2) is 0 Å². The van der Waals surface area contributed by atoms with Crippen LogP contribution in [0.25, 0.3) is 0 Å². The number of halogens is 1. The van der Waals surface area contributed by atoms with Gasteiger partial charge in [0.25, 0.3) is 0 Å². The van der Waals surface area contributed by atoms with E-state index in [-0.39, 0.29) is 5.78 Å². The zero-order valence-electron chi connectivity index (χ0n) is 11.4. The zero-order valence-corrected chi connectivity index (χ0v) is 13.5. The largest absolute Gasteiger partial charge is 0.493 e. The highest BCUT2D eigenvalue weighted by molar-refractivity contribution is 14.1. The average molecular weight is 382 g/mol. The van der Waals surface area contributed by atoms with Crippen molar-refractivity contribution in [2.75, 3.05) is 14.2 Å². The fourth-order valence-corrected chi connectivity index (χ4v) is 2.27. The van der Waals surface area contributed by atoms with Gasteiger partial charge in [-0.05, 0) is 52.4 Å². The van der Waals surface area contributed by atoms with Crippen LogP contribution in [0.3, 0.4) is 0 Å². The maximum absolute atomic E-state index is 12.2. The Morgan fingerprint density at radius 3 is 2.25 bits per heavy atom. The molecule has 0 saturated heterocycles. The fraction of sp³-hybridized carbons (Fsp3) is 0.188. The van der Waals surface area contributed by atoms with E-state index in [0.29, 0.717) is 17.9 Å². The number of carbonyl (C=O) groups excluding carboxylic acids is 1. The Balaban J connectivity index is 2.17. The normalized spacial score (nSPS) is 10.2. The first-order chi connectivity index (χ1) is 9.63. The van der Waals surface area contributed by atoms with Crippen molar-refractivity contribution < 1.29 is 14.3 Å². The van der Waals surface area contributed by atoms with E-state index in [1.54, 1.807) is 14.2 Å². The van der Waals surface area contributed by atoms with E-state index >= 15 is 0 Å². The first-order valence-electron chi connectivity index (χ1n) is 6.13. The second-order valence-electron chi connectivity index (χ2n) is 4.30. The lowest BCUT2D eigenvalue weighted by Crippen LogP contribution is -2.04. The van der Waals surface area contributed by atoms with Gasteiger partial charge in [0, 0.05) is 15.6 Å². The number of benzene rings is 2. The molecule has 0 aromatic heterocycles. The van der Waals surface area contributed by atoms with Crippen molar-refractivity contribution >= 4 is 28.4 Å². The van der Waals surface area contributed by atoms with Crippen LogP contribution in [-0.4, -0.2) is 20.0 Å².